The third kappa shape index (κ3) is 3.64. The van der Waals surface area contributed by atoms with Crippen molar-refractivity contribution in [2.24, 2.45) is 10.9 Å². The lowest BCUT2D eigenvalue weighted by Crippen LogP contribution is -2.47. The molecule has 4 nitrogen and oxygen atoms in total. The van der Waals surface area contributed by atoms with Crippen molar-refractivity contribution in [3.63, 3.8) is 0 Å². The highest BCUT2D eigenvalue weighted by molar-refractivity contribution is 8.14. The summed E-state index contributed by atoms with van der Waals surface area (Å²) in [4.78, 5) is 4.71. The van der Waals surface area contributed by atoms with Crippen molar-refractivity contribution in [2.75, 3.05) is 32.1 Å². The first-order chi connectivity index (χ1) is 7.74. The van der Waals surface area contributed by atoms with Crippen molar-refractivity contribution in [1.82, 2.24) is 10.4 Å². The number of aliphatic imine (C=N–C) groups is 1. The smallest absolute Gasteiger partial charge is 0.171 e. The molecule has 0 amide bonds. The average molecular weight is 243 g/mol. The molecule has 2 aliphatic rings. The van der Waals surface area contributed by atoms with Crippen molar-refractivity contribution in [2.45, 2.75) is 26.3 Å². The summed E-state index contributed by atoms with van der Waals surface area (Å²) in [6, 6.07) is 0.508. The second-order valence-electron chi connectivity index (χ2n) is 4.74. The van der Waals surface area contributed by atoms with Crippen molar-refractivity contribution < 1.29 is 4.74 Å². The summed E-state index contributed by atoms with van der Waals surface area (Å²) in [5.74, 6) is 1.86. The molecule has 1 N–H and O–H groups in total. The van der Waals surface area contributed by atoms with Crippen molar-refractivity contribution in [1.29, 1.82) is 0 Å². The van der Waals surface area contributed by atoms with E-state index < -0.39 is 0 Å². The first kappa shape index (κ1) is 12.2. The minimum Gasteiger partial charge on any atom is -0.379 e. The van der Waals surface area contributed by atoms with Gasteiger partial charge in [0.2, 0.25) is 0 Å². The maximum absolute atomic E-state index is 5.31. The third-order valence-corrected chi connectivity index (χ3v) is 3.74. The highest BCUT2D eigenvalue weighted by atomic mass is 32.2. The number of thioether (sulfide) groups is 1. The van der Waals surface area contributed by atoms with Gasteiger partial charge in [0.15, 0.2) is 5.17 Å². The van der Waals surface area contributed by atoms with Gasteiger partial charge in [-0.1, -0.05) is 25.6 Å². The molecule has 1 atom stereocenters. The monoisotopic (exact) mass is 243 g/mol. The van der Waals surface area contributed by atoms with Crippen LogP contribution in [0.2, 0.25) is 0 Å². The van der Waals surface area contributed by atoms with Gasteiger partial charge in [0, 0.05) is 18.8 Å². The summed E-state index contributed by atoms with van der Waals surface area (Å²) in [6.45, 7) is 8.06. The van der Waals surface area contributed by atoms with Gasteiger partial charge in [-0.05, 0) is 12.3 Å². The number of morpholine rings is 1. The van der Waals surface area contributed by atoms with Gasteiger partial charge >= 0.3 is 0 Å². The number of hydrazine groups is 1. The molecule has 2 heterocycles. The fourth-order valence-corrected chi connectivity index (χ4v) is 2.93. The van der Waals surface area contributed by atoms with Crippen LogP contribution in [-0.2, 0) is 4.74 Å². The van der Waals surface area contributed by atoms with Crippen molar-refractivity contribution in [3.05, 3.63) is 0 Å². The van der Waals surface area contributed by atoms with E-state index >= 15 is 0 Å². The van der Waals surface area contributed by atoms with Crippen LogP contribution in [0.3, 0.4) is 0 Å². The Morgan fingerprint density at radius 1 is 1.50 bits per heavy atom. The summed E-state index contributed by atoms with van der Waals surface area (Å²) in [6.07, 6.45) is 1.20. The Hall–Kier alpha value is -0.260. The molecule has 1 saturated heterocycles. The molecular weight excluding hydrogens is 222 g/mol. The molecule has 0 radical (unpaired) electrons. The molecule has 0 aromatic heterocycles. The second kappa shape index (κ2) is 5.89. The Morgan fingerprint density at radius 3 is 2.94 bits per heavy atom. The van der Waals surface area contributed by atoms with Crippen LogP contribution >= 0.6 is 11.8 Å². The van der Waals surface area contributed by atoms with Gasteiger partial charge in [-0.25, -0.2) is 5.01 Å². The molecule has 0 aromatic carbocycles. The number of nitrogens with zero attached hydrogens (tertiary/aromatic N) is 2. The van der Waals surface area contributed by atoms with Crippen molar-refractivity contribution >= 4 is 16.9 Å². The Morgan fingerprint density at radius 2 is 2.25 bits per heavy atom. The number of amidine groups is 1. The number of hydrogen-bond acceptors (Lipinski definition) is 5. The van der Waals surface area contributed by atoms with Gasteiger partial charge in [-0.15, -0.1) is 0 Å². The molecular formula is C11H21N3OS. The zero-order chi connectivity index (χ0) is 11.4. The molecule has 16 heavy (non-hydrogen) atoms. The zero-order valence-corrected chi connectivity index (χ0v) is 10.9. The molecule has 0 aliphatic carbocycles. The molecule has 5 heteroatoms. The maximum Gasteiger partial charge on any atom is 0.171 e. The van der Waals surface area contributed by atoms with Crippen LogP contribution in [0.25, 0.3) is 0 Å². The lowest BCUT2D eigenvalue weighted by atomic mass is 10.1. The highest BCUT2D eigenvalue weighted by Crippen LogP contribution is 2.22. The standard InChI is InChI=1S/C11H21N3OS/c1-9(2)7-10-8-16-11(12-10)13-14-3-5-15-6-4-14/h9-10H,3-8H2,1-2H3,(H,12,13). The minimum absolute atomic E-state index is 0.508. The molecule has 0 saturated carbocycles. The van der Waals surface area contributed by atoms with E-state index in [1.807, 2.05) is 11.8 Å². The van der Waals surface area contributed by atoms with Crippen LogP contribution in [0.4, 0.5) is 0 Å². The fourth-order valence-electron chi connectivity index (χ4n) is 1.95. The first-order valence-corrected chi connectivity index (χ1v) is 7.02. The van der Waals surface area contributed by atoms with Crippen LogP contribution in [0.15, 0.2) is 4.99 Å². The predicted octanol–water partition coefficient (Wildman–Crippen LogP) is 1.34. The van der Waals surface area contributed by atoms with Crippen LogP contribution in [0, 0.1) is 5.92 Å². The topological polar surface area (TPSA) is 36.9 Å². The number of rotatable bonds is 3. The van der Waals surface area contributed by atoms with Gasteiger partial charge in [0.25, 0.3) is 0 Å². The van der Waals surface area contributed by atoms with E-state index in [2.05, 4.69) is 24.3 Å². The molecule has 1 fully saturated rings. The van der Waals surface area contributed by atoms with E-state index in [0.717, 1.165) is 43.1 Å². The lowest BCUT2D eigenvalue weighted by Gasteiger charge is -2.27. The molecule has 92 valence electrons. The van der Waals surface area contributed by atoms with Gasteiger partial charge in [-0.2, -0.15) is 0 Å². The number of ether oxygens (including phenoxy) is 1. The SMILES string of the molecule is CC(C)CC1CSC(NN2CCOCC2)=N1. The first-order valence-electron chi connectivity index (χ1n) is 6.04. The van der Waals surface area contributed by atoms with Crippen LogP contribution in [-0.4, -0.2) is 48.3 Å². The summed E-state index contributed by atoms with van der Waals surface area (Å²) in [5.41, 5.74) is 3.39. The van der Waals surface area contributed by atoms with E-state index in [9.17, 15) is 0 Å². The van der Waals surface area contributed by atoms with E-state index in [1.165, 1.54) is 6.42 Å². The molecule has 1 unspecified atom stereocenters. The van der Waals surface area contributed by atoms with Gasteiger partial charge in [0.1, 0.15) is 0 Å². The summed E-state index contributed by atoms with van der Waals surface area (Å²) >= 11 is 1.84. The Kier molecular flexibility index (Phi) is 4.49. The van der Waals surface area contributed by atoms with E-state index in [1.54, 1.807) is 0 Å². The molecule has 0 aromatic rings. The number of nitrogens with one attached hydrogen (secondary N) is 1. The quantitative estimate of drug-likeness (QED) is 0.811. The average Bonchev–Trinajstić information content (AvgIpc) is 2.66. The van der Waals surface area contributed by atoms with E-state index in [4.69, 9.17) is 9.73 Å². The second-order valence-corrected chi connectivity index (χ2v) is 5.75. The summed E-state index contributed by atoms with van der Waals surface area (Å²) in [7, 11) is 0. The maximum atomic E-state index is 5.31. The molecule has 0 bridgehead atoms. The van der Waals surface area contributed by atoms with E-state index in [-0.39, 0.29) is 0 Å². The largest absolute Gasteiger partial charge is 0.379 e. The molecule has 0 spiro atoms. The molecule has 2 aliphatic heterocycles. The highest BCUT2D eigenvalue weighted by Gasteiger charge is 2.21. The fraction of sp³-hybridized carbons (Fsp3) is 0.909. The van der Waals surface area contributed by atoms with Crippen molar-refractivity contribution in [3.8, 4) is 0 Å². The van der Waals surface area contributed by atoms with Gasteiger partial charge < -0.3 is 4.74 Å². The van der Waals surface area contributed by atoms with Crippen LogP contribution in [0.1, 0.15) is 20.3 Å². The van der Waals surface area contributed by atoms with E-state index in [0.29, 0.717) is 6.04 Å². The Labute approximate surface area is 102 Å². The summed E-state index contributed by atoms with van der Waals surface area (Å²) in [5, 5.41) is 3.29. The normalized spacial score (nSPS) is 27.2. The van der Waals surface area contributed by atoms with Crippen LogP contribution < -0.4 is 5.43 Å². The lowest BCUT2D eigenvalue weighted by molar-refractivity contribution is 0.0253. The van der Waals surface area contributed by atoms with Crippen LogP contribution in [0.5, 0.6) is 0 Å². The zero-order valence-electron chi connectivity index (χ0n) is 10.1. The Bertz CT molecular complexity index is 252. The predicted molar refractivity (Wildman–Crippen MR) is 68.7 cm³/mol. The summed E-state index contributed by atoms with van der Waals surface area (Å²) < 4.78 is 5.31. The third-order valence-electron chi connectivity index (χ3n) is 2.72. The molecule has 2 rings (SSSR count). The Balaban J connectivity index is 1.77. The van der Waals surface area contributed by atoms with Gasteiger partial charge in [0.05, 0.1) is 19.3 Å². The minimum atomic E-state index is 0.508. The van der Waals surface area contributed by atoms with Gasteiger partial charge in [-0.3, -0.25) is 10.4 Å². The number of hydrogen-bond donors (Lipinski definition) is 1.